The molecule has 1 saturated heterocycles. The van der Waals surface area contributed by atoms with E-state index in [0.29, 0.717) is 22.7 Å². The third-order valence-electron chi connectivity index (χ3n) is 6.37. The molecule has 3 aromatic carbocycles. The second kappa shape index (κ2) is 12.3. The van der Waals surface area contributed by atoms with E-state index in [1.54, 1.807) is 37.3 Å². The lowest BCUT2D eigenvalue weighted by molar-refractivity contribution is 0.0526. The number of esters is 1. The van der Waals surface area contributed by atoms with Crippen LogP contribution in [0.3, 0.4) is 0 Å². The van der Waals surface area contributed by atoms with Crippen molar-refractivity contribution in [2.24, 2.45) is 0 Å². The van der Waals surface area contributed by atoms with Crippen LogP contribution in [0.4, 0.5) is 11.4 Å². The van der Waals surface area contributed by atoms with E-state index in [0.717, 1.165) is 38.4 Å². The molecule has 0 aliphatic carbocycles. The molecular formula is C29H33N3O5. The summed E-state index contributed by atoms with van der Waals surface area (Å²) >= 11 is 0. The number of methoxy groups -OCH3 is 2. The summed E-state index contributed by atoms with van der Waals surface area (Å²) in [7, 11) is 3.01. The van der Waals surface area contributed by atoms with Crippen LogP contribution < -0.4 is 19.7 Å². The molecule has 1 fully saturated rings. The zero-order valence-electron chi connectivity index (χ0n) is 21.5. The summed E-state index contributed by atoms with van der Waals surface area (Å²) < 4.78 is 16.0. The smallest absolute Gasteiger partial charge is 0.338 e. The number of hydrogen-bond acceptors (Lipinski definition) is 7. The first-order valence-electron chi connectivity index (χ1n) is 12.4. The summed E-state index contributed by atoms with van der Waals surface area (Å²) in [6.45, 7) is 6.25. The van der Waals surface area contributed by atoms with E-state index in [2.05, 4.69) is 39.4 Å². The third kappa shape index (κ3) is 6.21. The number of ether oxygens (including phenoxy) is 3. The predicted molar refractivity (Wildman–Crippen MR) is 144 cm³/mol. The maximum Gasteiger partial charge on any atom is 0.338 e. The molecule has 0 radical (unpaired) electrons. The van der Waals surface area contributed by atoms with E-state index in [-0.39, 0.29) is 18.1 Å². The number of rotatable bonds is 9. The van der Waals surface area contributed by atoms with Crippen LogP contribution in [-0.4, -0.2) is 63.8 Å². The van der Waals surface area contributed by atoms with Crippen LogP contribution >= 0.6 is 0 Å². The molecule has 37 heavy (non-hydrogen) atoms. The highest BCUT2D eigenvalue weighted by molar-refractivity contribution is 6.10. The third-order valence-corrected chi connectivity index (χ3v) is 6.37. The van der Waals surface area contributed by atoms with Crippen molar-refractivity contribution >= 4 is 23.3 Å². The first-order valence-corrected chi connectivity index (χ1v) is 12.4. The molecule has 0 aromatic heterocycles. The fraction of sp³-hybridized carbons (Fsp3) is 0.310. The number of anilines is 2. The lowest BCUT2D eigenvalue weighted by Crippen LogP contribution is -2.46. The maximum absolute atomic E-state index is 13.5. The Kier molecular flexibility index (Phi) is 8.64. The zero-order valence-corrected chi connectivity index (χ0v) is 21.5. The highest BCUT2D eigenvalue weighted by Crippen LogP contribution is 2.33. The van der Waals surface area contributed by atoms with Crippen LogP contribution in [0.1, 0.15) is 33.2 Å². The van der Waals surface area contributed by atoms with Crippen molar-refractivity contribution in [3.8, 4) is 11.5 Å². The fourth-order valence-electron chi connectivity index (χ4n) is 4.50. The minimum absolute atomic E-state index is 0.268. The molecular weight excluding hydrogens is 470 g/mol. The minimum Gasteiger partial charge on any atom is -0.496 e. The van der Waals surface area contributed by atoms with Gasteiger partial charge in [0.05, 0.1) is 37.8 Å². The molecule has 194 valence electrons. The molecule has 0 spiro atoms. The number of piperazine rings is 1. The second-order valence-corrected chi connectivity index (χ2v) is 8.69. The van der Waals surface area contributed by atoms with Crippen LogP contribution in [-0.2, 0) is 11.3 Å². The normalized spacial score (nSPS) is 13.6. The molecule has 8 heteroatoms. The van der Waals surface area contributed by atoms with Gasteiger partial charge in [0.2, 0.25) is 0 Å². The topological polar surface area (TPSA) is 80.3 Å². The highest BCUT2D eigenvalue weighted by atomic mass is 16.5. The summed E-state index contributed by atoms with van der Waals surface area (Å²) in [6, 6.07) is 20.9. The summed E-state index contributed by atoms with van der Waals surface area (Å²) in [5.74, 6) is -0.0321. The van der Waals surface area contributed by atoms with E-state index in [1.807, 2.05) is 12.1 Å². The minimum atomic E-state index is -0.438. The van der Waals surface area contributed by atoms with Crippen molar-refractivity contribution in [1.82, 2.24) is 4.90 Å². The van der Waals surface area contributed by atoms with Gasteiger partial charge >= 0.3 is 5.97 Å². The average molecular weight is 504 g/mol. The molecule has 1 heterocycles. The Morgan fingerprint density at radius 3 is 2.16 bits per heavy atom. The Morgan fingerprint density at radius 2 is 1.54 bits per heavy atom. The van der Waals surface area contributed by atoms with Crippen LogP contribution in [0.15, 0.2) is 66.7 Å². The van der Waals surface area contributed by atoms with Gasteiger partial charge in [0.1, 0.15) is 17.1 Å². The second-order valence-electron chi connectivity index (χ2n) is 8.69. The summed E-state index contributed by atoms with van der Waals surface area (Å²) in [4.78, 5) is 30.6. The SMILES string of the molecule is CCOC(=O)c1ccc(N2CCN(Cc3ccccc3)CC2)c(NC(=O)c2c(OC)cccc2OC)c1. The van der Waals surface area contributed by atoms with Crippen molar-refractivity contribution < 1.29 is 23.8 Å². The standard InChI is InChI=1S/C29H33N3O5/c1-4-37-29(34)22-13-14-24(32-17-15-31(16-18-32)20-21-9-6-5-7-10-21)23(19-22)30-28(33)27-25(35-2)11-8-12-26(27)36-3/h5-14,19H,4,15-18,20H2,1-3H3,(H,30,33). The first kappa shape index (κ1) is 26.0. The Balaban J connectivity index is 1.58. The first-order chi connectivity index (χ1) is 18.0. The quantitative estimate of drug-likeness (QED) is 0.432. The van der Waals surface area contributed by atoms with Crippen LogP contribution in [0.2, 0.25) is 0 Å². The summed E-state index contributed by atoms with van der Waals surface area (Å²) in [5, 5.41) is 3.00. The molecule has 0 bridgehead atoms. The Morgan fingerprint density at radius 1 is 0.865 bits per heavy atom. The van der Waals surface area contributed by atoms with E-state index >= 15 is 0 Å². The molecule has 8 nitrogen and oxygen atoms in total. The van der Waals surface area contributed by atoms with Gasteiger partial charge in [0.15, 0.2) is 0 Å². The Hall–Kier alpha value is -4.04. The number of amides is 1. The van der Waals surface area contributed by atoms with Crippen molar-refractivity contribution in [3.05, 3.63) is 83.4 Å². The van der Waals surface area contributed by atoms with Gasteiger partial charge in [-0.2, -0.15) is 0 Å². The van der Waals surface area contributed by atoms with Gasteiger partial charge in [-0.15, -0.1) is 0 Å². The van der Waals surface area contributed by atoms with E-state index < -0.39 is 5.97 Å². The van der Waals surface area contributed by atoms with Gasteiger partial charge in [0.25, 0.3) is 5.91 Å². The zero-order chi connectivity index (χ0) is 26.2. The van der Waals surface area contributed by atoms with E-state index in [4.69, 9.17) is 14.2 Å². The van der Waals surface area contributed by atoms with Crippen molar-refractivity contribution in [1.29, 1.82) is 0 Å². The van der Waals surface area contributed by atoms with Gasteiger partial charge in [-0.1, -0.05) is 36.4 Å². The average Bonchev–Trinajstić information content (AvgIpc) is 2.93. The Bertz CT molecular complexity index is 1200. The molecule has 0 saturated carbocycles. The van der Waals surface area contributed by atoms with Gasteiger partial charge in [-0.25, -0.2) is 4.79 Å². The molecule has 1 N–H and O–H groups in total. The number of carbonyl (C=O) groups is 2. The van der Waals surface area contributed by atoms with Gasteiger partial charge in [-0.3, -0.25) is 9.69 Å². The maximum atomic E-state index is 13.5. The number of benzene rings is 3. The highest BCUT2D eigenvalue weighted by Gasteiger charge is 2.24. The molecule has 3 aromatic rings. The summed E-state index contributed by atoms with van der Waals surface area (Å²) in [6.07, 6.45) is 0. The van der Waals surface area contributed by atoms with Gasteiger partial charge < -0.3 is 24.4 Å². The Labute approximate surface area is 217 Å². The number of nitrogens with one attached hydrogen (secondary N) is 1. The molecule has 0 unspecified atom stereocenters. The van der Waals surface area contributed by atoms with Crippen LogP contribution in [0.25, 0.3) is 0 Å². The predicted octanol–water partition coefficient (Wildman–Crippen LogP) is 4.46. The monoisotopic (exact) mass is 503 g/mol. The molecule has 1 aliphatic rings. The number of hydrogen-bond donors (Lipinski definition) is 1. The summed E-state index contributed by atoms with van der Waals surface area (Å²) in [5.41, 5.74) is 3.31. The van der Waals surface area contributed by atoms with Crippen molar-refractivity contribution in [3.63, 3.8) is 0 Å². The molecule has 1 amide bonds. The lowest BCUT2D eigenvalue weighted by atomic mass is 10.1. The number of nitrogens with zero attached hydrogens (tertiary/aromatic N) is 2. The van der Waals surface area contributed by atoms with E-state index in [9.17, 15) is 9.59 Å². The molecule has 4 rings (SSSR count). The van der Waals surface area contributed by atoms with Crippen molar-refractivity contribution in [2.45, 2.75) is 13.5 Å². The van der Waals surface area contributed by atoms with Gasteiger partial charge in [0, 0.05) is 32.7 Å². The molecule has 0 atom stereocenters. The van der Waals surface area contributed by atoms with E-state index in [1.165, 1.54) is 19.8 Å². The lowest BCUT2D eigenvalue weighted by Gasteiger charge is -2.37. The largest absolute Gasteiger partial charge is 0.496 e. The fourth-order valence-corrected chi connectivity index (χ4v) is 4.50. The van der Waals surface area contributed by atoms with Crippen molar-refractivity contribution in [2.75, 3.05) is 57.2 Å². The van der Waals surface area contributed by atoms with Gasteiger partial charge in [-0.05, 0) is 42.8 Å². The van der Waals surface area contributed by atoms with Crippen LogP contribution in [0, 0.1) is 0 Å². The molecule has 1 aliphatic heterocycles. The van der Waals surface area contributed by atoms with Crippen LogP contribution in [0.5, 0.6) is 11.5 Å². The number of carbonyl (C=O) groups excluding carboxylic acids is 2.